The Hall–Kier alpha value is -1.06. The molecule has 1 aromatic rings. The van der Waals surface area contributed by atoms with Gasteiger partial charge in [0.15, 0.2) is 0 Å². The average Bonchev–Trinajstić information content (AvgIpc) is 2.36. The molecule has 3 N–H and O–H groups in total. The second kappa shape index (κ2) is 7.81. The molecule has 21 heavy (non-hydrogen) atoms. The summed E-state index contributed by atoms with van der Waals surface area (Å²) in [7, 11) is 0. The van der Waals surface area contributed by atoms with E-state index in [1.165, 1.54) is 5.56 Å². The van der Waals surface area contributed by atoms with Crippen molar-refractivity contribution in [2.75, 3.05) is 0 Å². The molecule has 0 saturated heterocycles. The molecule has 1 unspecified atom stereocenters. The molecule has 0 heterocycles. The van der Waals surface area contributed by atoms with E-state index in [0.29, 0.717) is 5.92 Å². The van der Waals surface area contributed by atoms with E-state index in [9.17, 15) is 4.79 Å². The molecule has 0 aliphatic carbocycles. The Morgan fingerprint density at radius 1 is 1.05 bits per heavy atom. The minimum Gasteiger partial charge on any atom is -0.348 e. The van der Waals surface area contributed by atoms with E-state index in [0.717, 1.165) is 5.56 Å². The Bertz CT molecular complexity index is 449. The minimum absolute atomic E-state index is 0. The highest BCUT2D eigenvalue weighted by Gasteiger charge is 2.28. The number of hydrogen-bond donors (Lipinski definition) is 2. The predicted octanol–water partition coefficient (Wildman–Crippen LogP) is 3.78. The first-order valence-electron chi connectivity index (χ1n) is 7.28. The monoisotopic (exact) mass is 312 g/mol. The highest BCUT2D eigenvalue weighted by molar-refractivity contribution is 5.85. The minimum atomic E-state index is -0.500. The second-order valence-electron chi connectivity index (χ2n) is 6.90. The number of nitrogens with two attached hydrogens (primary N) is 1. The van der Waals surface area contributed by atoms with E-state index in [-0.39, 0.29) is 29.8 Å². The summed E-state index contributed by atoms with van der Waals surface area (Å²) in [4.78, 5) is 12.1. The number of nitrogens with one attached hydrogen (secondary N) is 1. The van der Waals surface area contributed by atoms with E-state index in [1.54, 1.807) is 0 Å². The average molecular weight is 313 g/mol. The van der Waals surface area contributed by atoms with Crippen LogP contribution < -0.4 is 11.1 Å². The Morgan fingerprint density at radius 3 is 1.86 bits per heavy atom. The lowest BCUT2D eigenvalue weighted by atomic mass is 9.86. The van der Waals surface area contributed by atoms with Crippen molar-refractivity contribution in [2.45, 2.75) is 59.5 Å². The summed E-state index contributed by atoms with van der Waals surface area (Å²) in [6.45, 7) is 12.2. The Labute approximate surface area is 135 Å². The first-order chi connectivity index (χ1) is 9.12. The van der Waals surface area contributed by atoms with E-state index >= 15 is 0 Å². The molecule has 120 valence electrons. The van der Waals surface area contributed by atoms with Crippen LogP contribution in [0, 0.1) is 5.41 Å². The van der Waals surface area contributed by atoms with Crippen molar-refractivity contribution >= 4 is 18.3 Å². The molecule has 0 aliphatic heterocycles. The molecular weight excluding hydrogens is 284 g/mol. The molecule has 0 fully saturated rings. The van der Waals surface area contributed by atoms with Crippen LogP contribution in [0.25, 0.3) is 0 Å². The molecule has 1 aromatic carbocycles. The number of hydrogen-bond acceptors (Lipinski definition) is 2. The van der Waals surface area contributed by atoms with E-state index < -0.39 is 6.04 Å². The van der Waals surface area contributed by atoms with Crippen molar-refractivity contribution in [1.82, 2.24) is 5.32 Å². The quantitative estimate of drug-likeness (QED) is 0.889. The Balaban J connectivity index is 0.00000400. The molecule has 0 radical (unpaired) electrons. The summed E-state index contributed by atoms with van der Waals surface area (Å²) in [5, 5.41) is 2.99. The molecule has 0 bridgehead atoms. The fraction of sp³-hybridized carbons (Fsp3) is 0.588. The fourth-order valence-electron chi connectivity index (χ4n) is 1.95. The molecule has 0 aliphatic rings. The largest absolute Gasteiger partial charge is 0.348 e. The number of amides is 1. The van der Waals surface area contributed by atoms with Crippen molar-refractivity contribution in [3.8, 4) is 0 Å². The Morgan fingerprint density at radius 2 is 1.48 bits per heavy atom. The number of rotatable bonds is 4. The third-order valence-electron chi connectivity index (χ3n) is 3.68. The lowest BCUT2D eigenvalue weighted by Crippen LogP contribution is -2.49. The normalized spacial score (nSPS) is 14.3. The lowest BCUT2D eigenvalue weighted by Gasteiger charge is -2.27. The highest BCUT2D eigenvalue weighted by atomic mass is 35.5. The van der Waals surface area contributed by atoms with Crippen LogP contribution >= 0.6 is 12.4 Å². The predicted molar refractivity (Wildman–Crippen MR) is 91.8 cm³/mol. The standard InChI is InChI=1S/C17H28N2O.ClH/c1-11(2)13-7-9-14(10-8-13)12(3)19-16(20)15(18)17(4,5)6;/h7-12,15H,18H2,1-6H3,(H,19,20);1H/t12?,15-;/m1./s1. The van der Waals surface area contributed by atoms with Gasteiger partial charge in [0.25, 0.3) is 0 Å². The van der Waals surface area contributed by atoms with Crippen molar-refractivity contribution in [3.63, 3.8) is 0 Å². The third kappa shape index (κ3) is 5.68. The van der Waals surface area contributed by atoms with Crippen LogP contribution in [0.3, 0.4) is 0 Å². The molecule has 0 spiro atoms. The van der Waals surface area contributed by atoms with Crippen molar-refractivity contribution < 1.29 is 4.79 Å². The zero-order chi connectivity index (χ0) is 15.5. The zero-order valence-electron chi connectivity index (χ0n) is 13.9. The van der Waals surface area contributed by atoms with E-state index in [4.69, 9.17) is 5.73 Å². The maximum Gasteiger partial charge on any atom is 0.237 e. The fourth-order valence-corrected chi connectivity index (χ4v) is 1.95. The number of carbonyl (C=O) groups excluding carboxylic acids is 1. The van der Waals surface area contributed by atoms with Gasteiger partial charge in [-0.3, -0.25) is 4.79 Å². The molecule has 0 aromatic heterocycles. The number of carbonyl (C=O) groups is 1. The summed E-state index contributed by atoms with van der Waals surface area (Å²) in [6, 6.07) is 7.85. The molecule has 1 rings (SSSR count). The maximum atomic E-state index is 12.1. The molecule has 0 saturated carbocycles. The van der Waals surface area contributed by atoms with Gasteiger partial charge >= 0.3 is 0 Å². The van der Waals surface area contributed by atoms with Gasteiger partial charge < -0.3 is 11.1 Å². The molecule has 3 nitrogen and oxygen atoms in total. The van der Waals surface area contributed by atoms with Crippen LogP contribution in [-0.4, -0.2) is 11.9 Å². The van der Waals surface area contributed by atoms with Gasteiger partial charge in [-0.05, 0) is 29.4 Å². The summed E-state index contributed by atoms with van der Waals surface area (Å²) < 4.78 is 0. The topological polar surface area (TPSA) is 55.1 Å². The van der Waals surface area contributed by atoms with Crippen molar-refractivity contribution in [1.29, 1.82) is 0 Å². The zero-order valence-corrected chi connectivity index (χ0v) is 14.8. The first-order valence-corrected chi connectivity index (χ1v) is 7.28. The number of halogens is 1. The van der Waals surface area contributed by atoms with Gasteiger partial charge in [0, 0.05) is 0 Å². The van der Waals surface area contributed by atoms with Gasteiger partial charge in [-0.2, -0.15) is 0 Å². The van der Waals surface area contributed by atoms with Gasteiger partial charge in [0.05, 0.1) is 12.1 Å². The van der Waals surface area contributed by atoms with Crippen LogP contribution in [0.2, 0.25) is 0 Å². The van der Waals surface area contributed by atoms with Crippen LogP contribution in [0.1, 0.15) is 64.6 Å². The summed E-state index contributed by atoms with van der Waals surface area (Å²) in [6.07, 6.45) is 0. The number of benzene rings is 1. The molecule has 1 amide bonds. The van der Waals surface area contributed by atoms with Crippen molar-refractivity contribution in [2.24, 2.45) is 11.1 Å². The van der Waals surface area contributed by atoms with Crippen LogP contribution in [0.4, 0.5) is 0 Å². The first kappa shape index (κ1) is 19.9. The molecule has 4 heteroatoms. The van der Waals surface area contributed by atoms with Crippen molar-refractivity contribution in [3.05, 3.63) is 35.4 Å². The van der Waals surface area contributed by atoms with Crippen LogP contribution in [0.15, 0.2) is 24.3 Å². The highest BCUT2D eigenvalue weighted by Crippen LogP contribution is 2.21. The van der Waals surface area contributed by atoms with Crippen LogP contribution in [-0.2, 0) is 4.79 Å². The second-order valence-corrected chi connectivity index (χ2v) is 6.90. The van der Waals surface area contributed by atoms with Gasteiger partial charge in [-0.15, -0.1) is 12.4 Å². The van der Waals surface area contributed by atoms with Gasteiger partial charge in [-0.1, -0.05) is 58.9 Å². The van der Waals surface area contributed by atoms with Gasteiger partial charge in [-0.25, -0.2) is 0 Å². The summed E-state index contributed by atoms with van der Waals surface area (Å²) in [5.74, 6) is 0.418. The van der Waals surface area contributed by atoms with Gasteiger partial charge in [0.1, 0.15) is 0 Å². The SMILES string of the molecule is CC(C)c1ccc(C(C)NC(=O)[C@@H](N)C(C)(C)C)cc1.Cl. The summed E-state index contributed by atoms with van der Waals surface area (Å²) in [5.41, 5.74) is 8.15. The third-order valence-corrected chi connectivity index (χ3v) is 3.68. The molecule has 2 atom stereocenters. The maximum absolute atomic E-state index is 12.1. The van der Waals surface area contributed by atoms with E-state index in [2.05, 4.69) is 43.4 Å². The summed E-state index contributed by atoms with van der Waals surface area (Å²) >= 11 is 0. The van der Waals surface area contributed by atoms with Gasteiger partial charge in [0.2, 0.25) is 5.91 Å². The Kier molecular flexibility index (Phi) is 7.41. The van der Waals surface area contributed by atoms with Crippen LogP contribution in [0.5, 0.6) is 0 Å². The van der Waals surface area contributed by atoms with E-state index in [1.807, 2.05) is 27.7 Å². The lowest BCUT2D eigenvalue weighted by molar-refractivity contribution is -0.125. The molecular formula is C17H29ClN2O. The smallest absolute Gasteiger partial charge is 0.237 e.